The average Bonchev–Trinajstić information content (AvgIpc) is 3.04. The molecule has 0 bridgehead atoms. The Balaban J connectivity index is 1.72. The Morgan fingerprint density at radius 2 is 1.96 bits per heavy atom. The molecule has 0 aliphatic carbocycles. The molecule has 0 spiro atoms. The monoisotopic (exact) mass is 328 g/mol. The summed E-state index contributed by atoms with van der Waals surface area (Å²) >= 11 is 1.54. The number of rotatable bonds is 6. The molecule has 3 aromatic rings. The van der Waals surface area contributed by atoms with Crippen molar-refractivity contribution in [2.45, 2.75) is 13.0 Å². The standard InChI is InChI=1S/C18H17FN2OS/c19-15-10-14(16-12-23-18(21-16)8-9-20)6-7-17(15)22-11-13-4-2-1-3-5-13/h1-7,10,12H,8-9,11,20H2. The summed E-state index contributed by atoms with van der Waals surface area (Å²) in [6.45, 7) is 0.905. The maximum Gasteiger partial charge on any atom is 0.165 e. The van der Waals surface area contributed by atoms with Crippen molar-refractivity contribution in [2.24, 2.45) is 5.73 Å². The first-order valence-electron chi connectivity index (χ1n) is 7.37. The molecule has 0 amide bonds. The van der Waals surface area contributed by atoms with Gasteiger partial charge in [0.1, 0.15) is 6.61 Å². The molecule has 0 saturated carbocycles. The first-order valence-corrected chi connectivity index (χ1v) is 8.25. The van der Waals surface area contributed by atoms with Crippen molar-refractivity contribution in [1.29, 1.82) is 0 Å². The number of benzene rings is 2. The van der Waals surface area contributed by atoms with Crippen LogP contribution in [0.25, 0.3) is 11.3 Å². The Morgan fingerprint density at radius 3 is 2.70 bits per heavy atom. The second-order valence-electron chi connectivity index (χ2n) is 5.08. The smallest absolute Gasteiger partial charge is 0.165 e. The zero-order valence-electron chi connectivity index (χ0n) is 12.5. The fourth-order valence-corrected chi connectivity index (χ4v) is 3.02. The van der Waals surface area contributed by atoms with Crippen LogP contribution in [-0.4, -0.2) is 11.5 Å². The Morgan fingerprint density at radius 1 is 1.13 bits per heavy atom. The van der Waals surface area contributed by atoms with E-state index in [1.165, 1.54) is 6.07 Å². The summed E-state index contributed by atoms with van der Waals surface area (Å²) < 4.78 is 19.8. The highest BCUT2D eigenvalue weighted by molar-refractivity contribution is 7.09. The van der Waals surface area contributed by atoms with Crippen LogP contribution in [0, 0.1) is 5.82 Å². The Kier molecular flexibility index (Phi) is 5.00. The summed E-state index contributed by atoms with van der Waals surface area (Å²) in [6.07, 6.45) is 0.741. The molecule has 23 heavy (non-hydrogen) atoms. The molecule has 0 saturated heterocycles. The Labute approximate surface area is 138 Å². The molecule has 0 aliphatic heterocycles. The van der Waals surface area contributed by atoms with Crippen LogP contribution in [0.4, 0.5) is 4.39 Å². The lowest BCUT2D eigenvalue weighted by atomic mass is 10.1. The van der Waals surface area contributed by atoms with Gasteiger partial charge in [-0.1, -0.05) is 30.3 Å². The highest BCUT2D eigenvalue weighted by Crippen LogP contribution is 2.27. The van der Waals surface area contributed by atoms with E-state index in [9.17, 15) is 4.39 Å². The van der Waals surface area contributed by atoms with E-state index in [1.54, 1.807) is 17.4 Å². The van der Waals surface area contributed by atoms with Crippen molar-refractivity contribution in [2.75, 3.05) is 6.54 Å². The summed E-state index contributed by atoms with van der Waals surface area (Å²) in [5, 5.41) is 2.89. The highest BCUT2D eigenvalue weighted by Gasteiger charge is 2.09. The van der Waals surface area contributed by atoms with E-state index in [4.69, 9.17) is 10.5 Å². The molecule has 3 rings (SSSR count). The molecule has 2 N–H and O–H groups in total. The molecule has 0 fully saturated rings. The second kappa shape index (κ2) is 7.35. The molecule has 2 aromatic carbocycles. The maximum atomic E-state index is 14.2. The molecular weight excluding hydrogens is 311 g/mol. The lowest BCUT2D eigenvalue weighted by molar-refractivity contribution is 0.290. The van der Waals surface area contributed by atoms with E-state index in [0.717, 1.165) is 28.2 Å². The summed E-state index contributed by atoms with van der Waals surface area (Å²) in [6, 6.07) is 14.6. The molecule has 0 radical (unpaired) electrons. The average molecular weight is 328 g/mol. The zero-order valence-corrected chi connectivity index (χ0v) is 13.4. The van der Waals surface area contributed by atoms with Crippen LogP contribution in [0.3, 0.4) is 0 Å². The van der Waals surface area contributed by atoms with E-state index in [2.05, 4.69) is 4.98 Å². The normalized spacial score (nSPS) is 10.7. The van der Waals surface area contributed by atoms with Gasteiger partial charge in [-0.15, -0.1) is 11.3 Å². The third-order valence-corrected chi connectivity index (χ3v) is 4.28. The van der Waals surface area contributed by atoms with Crippen molar-refractivity contribution >= 4 is 11.3 Å². The van der Waals surface area contributed by atoms with Crippen LogP contribution in [0.15, 0.2) is 53.9 Å². The van der Waals surface area contributed by atoms with Gasteiger partial charge < -0.3 is 10.5 Å². The van der Waals surface area contributed by atoms with Crippen molar-refractivity contribution in [3.8, 4) is 17.0 Å². The Hall–Kier alpha value is -2.24. The zero-order chi connectivity index (χ0) is 16.1. The Bertz CT molecular complexity index is 774. The molecule has 5 heteroatoms. The molecule has 0 unspecified atom stereocenters. The molecule has 1 aromatic heterocycles. The van der Waals surface area contributed by atoms with Gasteiger partial charge >= 0.3 is 0 Å². The van der Waals surface area contributed by atoms with Crippen molar-refractivity contribution in [3.63, 3.8) is 0 Å². The first kappa shape index (κ1) is 15.6. The minimum atomic E-state index is -0.383. The summed E-state index contributed by atoms with van der Waals surface area (Å²) in [5.74, 6) is -0.137. The van der Waals surface area contributed by atoms with Gasteiger partial charge in [0.05, 0.1) is 10.7 Å². The predicted molar refractivity (Wildman–Crippen MR) is 91.0 cm³/mol. The highest BCUT2D eigenvalue weighted by atomic mass is 32.1. The minimum Gasteiger partial charge on any atom is -0.486 e. The lowest BCUT2D eigenvalue weighted by Crippen LogP contribution is -2.02. The van der Waals surface area contributed by atoms with E-state index >= 15 is 0 Å². The van der Waals surface area contributed by atoms with Gasteiger partial charge in [0.25, 0.3) is 0 Å². The molecular formula is C18H17FN2OS. The first-order chi connectivity index (χ1) is 11.3. The third kappa shape index (κ3) is 3.94. The number of nitrogens with two attached hydrogens (primary N) is 1. The van der Waals surface area contributed by atoms with Gasteiger partial charge in [-0.05, 0) is 30.3 Å². The van der Waals surface area contributed by atoms with Crippen LogP contribution >= 0.6 is 11.3 Å². The number of ether oxygens (including phenoxy) is 1. The number of nitrogens with zero attached hydrogens (tertiary/aromatic N) is 1. The molecule has 1 heterocycles. The molecule has 118 valence electrons. The van der Waals surface area contributed by atoms with Crippen LogP contribution in [0.1, 0.15) is 10.6 Å². The predicted octanol–water partition coefficient (Wildman–Crippen LogP) is 4.03. The van der Waals surface area contributed by atoms with Crippen LogP contribution < -0.4 is 10.5 Å². The van der Waals surface area contributed by atoms with Gasteiger partial charge in [-0.3, -0.25) is 0 Å². The molecule has 0 aliphatic rings. The van der Waals surface area contributed by atoms with Crippen LogP contribution in [0.5, 0.6) is 5.75 Å². The molecule has 3 nitrogen and oxygen atoms in total. The van der Waals surface area contributed by atoms with Gasteiger partial charge in [0.15, 0.2) is 11.6 Å². The lowest BCUT2D eigenvalue weighted by Gasteiger charge is -2.08. The van der Waals surface area contributed by atoms with Gasteiger partial charge in [0.2, 0.25) is 0 Å². The van der Waals surface area contributed by atoms with Crippen LogP contribution in [0.2, 0.25) is 0 Å². The largest absolute Gasteiger partial charge is 0.486 e. The summed E-state index contributed by atoms with van der Waals surface area (Å²) in [5.41, 5.74) is 8.04. The van der Waals surface area contributed by atoms with E-state index < -0.39 is 0 Å². The van der Waals surface area contributed by atoms with Crippen LogP contribution in [-0.2, 0) is 13.0 Å². The fourth-order valence-electron chi connectivity index (χ4n) is 2.19. The summed E-state index contributed by atoms with van der Waals surface area (Å²) in [7, 11) is 0. The number of halogens is 1. The van der Waals surface area contributed by atoms with Crippen molar-refractivity contribution in [1.82, 2.24) is 4.98 Å². The number of hydrogen-bond acceptors (Lipinski definition) is 4. The maximum absolute atomic E-state index is 14.2. The number of hydrogen-bond donors (Lipinski definition) is 1. The quantitative estimate of drug-likeness (QED) is 0.743. The third-order valence-electron chi connectivity index (χ3n) is 3.37. The van der Waals surface area contributed by atoms with Gasteiger partial charge in [-0.2, -0.15) is 0 Å². The molecule has 0 atom stereocenters. The second-order valence-corrected chi connectivity index (χ2v) is 6.03. The summed E-state index contributed by atoms with van der Waals surface area (Å²) in [4.78, 5) is 4.47. The number of aromatic nitrogens is 1. The fraction of sp³-hybridized carbons (Fsp3) is 0.167. The van der Waals surface area contributed by atoms with E-state index in [1.807, 2.05) is 41.8 Å². The minimum absolute atomic E-state index is 0.245. The topological polar surface area (TPSA) is 48.1 Å². The number of thiazole rings is 1. The van der Waals surface area contributed by atoms with Crippen molar-refractivity contribution < 1.29 is 9.13 Å². The van der Waals surface area contributed by atoms with Gasteiger partial charge in [0, 0.05) is 17.4 Å². The van der Waals surface area contributed by atoms with E-state index in [0.29, 0.717) is 13.2 Å². The van der Waals surface area contributed by atoms with E-state index in [-0.39, 0.29) is 11.6 Å². The van der Waals surface area contributed by atoms with Crippen molar-refractivity contribution in [3.05, 3.63) is 70.3 Å². The van der Waals surface area contributed by atoms with Gasteiger partial charge in [-0.25, -0.2) is 9.37 Å². The SMILES string of the molecule is NCCc1nc(-c2ccc(OCc3ccccc3)c(F)c2)cs1.